The SMILES string of the molecule is Clc1ccc(C2=Nn3c(COc4ccc5c(c4)CCCC5)nnc3SC2)cc1. The molecule has 2 heterocycles. The number of rotatable bonds is 4. The molecule has 0 radical (unpaired) electrons. The maximum absolute atomic E-state index is 6.02. The van der Waals surface area contributed by atoms with Gasteiger partial charge in [0.1, 0.15) is 12.4 Å². The van der Waals surface area contributed by atoms with Crippen LogP contribution >= 0.6 is 23.4 Å². The first-order chi connectivity index (χ1) is 13.8. The minimum absolute atomic E-state index is 0.337. The van der Waals surface area contributed by atoms with Gasteiger partial charge in [-0.3, -0.25) is 0 Å². The third kappa shape index (κ3) is 3.54. The lowest BCUT2D eigenvalue weighted by molar-refractivity contribution is 0.289. The summed E-state index contributed by atoms with van der Waals surface area (Å²) in [7, 11) is 0. The number of fused-ring (bicyclic) bond motifs is 2. The molecule has 0 fully saturated rings. The highest BCUT2D eigenvalue weighted by atomic mass is 35.5. The number of aryl methyl sites for hydroxylation is 2. The molecule has 5 rings (SSSR count). The Hall–Kier alpha value is -2.31. The van der Waals surface area contributed by atoms with Crippen molar-refractivity contribution in [1.29, 1.82) is 0 Å². The van der Waals surface area contributed by atoms with Gasteiger partial charge in [-0.2, -0.15) is 9.78 Å². The second kappa shape index (κ2) is 7.60. The van der Waals surface area contributed by atoms with Crippen molar-refractivity contribution in [3.63, 3.8) is 0 Å². The van der Waals surface area contributed by atoms with Crippen molar-refractivity contribution in [2.75, 3.05) is 5.75 Å². The molecule has 0 atom stereocenters. The molecule has 0 unspecified atom stereocenters. The third-order valence-corrected chi connectivity index (χ3v) is 6.28. The van der Waals surface area contributed by atoms with Crippen LogP contribution in [-0.2, 0) is 19.4 Å². The first kappa shape index (κ1) is 17.8. The Morgan fingerprint density at radius 3 is 2.68 bits per heavy atom. The van der Waals surface area contributed by atoms with Crippen LogP contribution in [0.1, 0.15) is 35.4 Å². The smallest absolute Gasteiger partial charge is 0.212 e. The van der Waals surface area contributed by atoms with Crippen LogP contribution in [0.15, 0.2) is 52.7 Å². The molecule has 0 N–H and O–H groups in total. The molecule has 3 aromatic rings. The molecule has 0 saturated heterocycles. The number of halogens is 1. The lowest BCUT2D eigenvalue weighted by Gasteiger charge is -2.17. The highest BCUT2D eigenvalue weighted by molar-refractivity contribution is 7.99. The number of ether oxygens (including phenoxy) is 1. The number of benzene rings is 2. The van der Waals surface area contributed by atoms with E-state index in [2.05, 4.69) is 28.4 Å². The summed E-state index contributed by atoms with van der Waals surface area (Å²) in [5, 5.41) is 14.8. The number of aromatic nitrogens is 3. The van der Waals surface area contributed by atoms with E-state index in [4.69, 9.17) is 21.4 Å². The van der Waals surface area contributed by atoms with E-state index in [9.17, 15) is 0 Å². The maximum atomic E-state index is 6.02. The Bertz CT molecular complexity index is 1050. The van der Waals surface area contributed by atoms with Crippen LogP contribution in [0.4, 0.5) is 0 Å². The molecule has 1 aliphatic carbocycles. The van der Waals surface area contributed by atoms with Gasteiger partial charge in [0.25, 0.3) is 0 Å². The van der Waals surface area contributed by atoms with E-state index in [1.54, 1.807) is 16.4 Å². The number of hydrogen-bond acceptors (Lipinski definition) is 5. The third-order valence-electron chi connectivity index (χ3n) is 5.10. The van der Waals surface area contributed by atoms with E-state index in [0.29, 0.717) is 12.4 Å². The average Bonchev–Trinajstić information content (AvgIpc) is 3.15. The molecule has 2 aliphatic rings. The van der Waals surface area contributed by atoms with E-state index in [0.717, 1.165) is 39.4 Å². The summed E-state index contributed by atoms with van der Waals surface area (Å²) in [6, 6.07) is 14.1. The molecule has 0 bridgehead atoms. The topological polar surface area (TPSA) is 52.3 Å². The summed E-state index contributed by atoms with van der Waals surface area (Å²) in [4.78, 5) is 0. The zero-order chi connectivity index (χ0) is 18.9. The predicted octanol–water partition coefficient (Wildman–Crippen LogP) is 4.75. The van der Waals surface area contributed by atoms with Gasteiger partial charge in [-0.15, -0.1) is 10.2 Å². The first-order valence-electron chi connectivity index (χ1n) is 9.42. The van der Waals surface area contributed by atoms with Gasteiger partial charge >= 0.3 is 0 Å². The van der Waals surface area contributed by atoms with Crippen LogP contribution in [0.5, 0.6) is 5.75 Å². The van der Waals surface area contributed by atoms with Gasteiger partial charge in [0.2, 0.25) is 5.16 Å². The summed E-state index contributed by atoms with van der Waals surface area (Å²) in [6.07, 6.45) is 4.85. The van der Waals surface area contributed by atoms with Crippen LogP contribution in [0.3, 0.4) is 0 Å². The molecular formula is C21H19ClN4OS. The molecule has 0 spiro atoms. The average molecular weight is 411 g/mol. The van der Waals surface area contributed by atoms with E-state index in [1.165, 1.54) is 30.4 Å². The maximum Gasteiger partial charge on any atom is 0.212 e. The fourth-order valence-electron chi connectivity index (χ4n) is 3.59. The minimum atomic E-state index is 0.337. The van der Waals surface area contributed by atoms with Gasteiger partial charge in [0.15, 0.2) is 5.82 Å². The number of hydrogen-bond donors (Lipinski definition) is 0. The predicted molar refractivity (Wildman–Crippen MR) is 112 cm³/mol. The van der Waals surface area contributed by atoms with Gasteiger partial charge in [-0.05, 0) is 66.6 Å². The van der Waals surface area contributed by atoms with Gasteiger partial charge in [0, 0.05) is 10.8 Å². The Morgan fingerprint density at radius 1 is 1.00 bits per heavy atom. The van der Waals surface area contributed by atoms with Crippen molar-refractivity contribution in [2.24, 2.45) is 5.10 Å². The molecule has 0 saturated carbocycles. The van der Waals surface area contributed by atoms with Crippen molar-refractivity contribution >= 4 is 29.1 Å². The van der Waals surface area contributed by atoms with Crippen LogP contribution in [0.25, 0.3) is 0 Å². The van der Waals surface area contributed by atoms with Crippen LogP contribution in [0, 0.1) is 0 Å². The molecule has 28 heavy (non-hydrogen) atoms. The zero-order valence-electron chi connectivity index (χ0n) is 15.3. The van der Waals surface area contributed by atoms with Crippen molar-refractivity contribution in [3.8, 4) is 5.75 Å². The normalized spacial score (nSPS) is 15.5. The van der Waals surface area contributed by atoms with E-state index < -0.39 is 0 Å². The molecule has 5 nitrogen and oxygen atoms in total. The van der Waals surface area contributed by atoms with Gasteiger partial charge < -0.3 is 4.74 Å². The highest BCUT2D eigenvalue weighted by Gasteiger charge is 2.20. The Balaban J connectivity index is 1.36. The zero-order valence-corrected chi connectivity index (χ0v) is 16.8. The fraction of sp³-hybridized carbons (Fsp3) is 0.286. The molecule has 1 aromatic heterocycles. The van der Waals surface area contributed by atoms with Crippen LogP contribution in [0.2, 0.25) is 5.02 Å². The van der Waals surface area contributed by atoms with Gasteiger partial charge in [-0.25, -0.2) is 0 Å². The molecule has 142 valence electrons. The summed E-state index contributed by atoms with van der Waals surface area (Å²) < 4.78 is 7.81. The lowest BCUT2D eigenvalue weighted by atomic mass is 9.92. The van der Waals surface area contributed by atoms with Crippen molar-refractivity contribution in [3.05, 3.63) is 70.0 Å². The summed E-state index contributed by atoms with van der Waals surface area (Å²) >= 11 is 7.62. The van der Waals surface area contributed by atoms with E-state index in [1.807, 2.05) is 24.3 Å². The monoisotopic (exact) mass is 410 g/mol. The number of nitrogens with zero attached hydrogens (tertiary/aromatic N) is 4. The van der Waals surface area contributed by atoms with E-state index >= 15 is 0 Å². The van der Waals surface area contributed by atoms with Gasteiger partial charge in [0.05, 0.1) is 5.71 Å². The van der Waals surface area contributed by atoms with Crippen molar-refractivity contribution in [1.82, 2.24) is 14.9 Å². The molecular weight excluding hydrogens is 392 g/mol. The van der Waals surface area contributed by atoms with E-state index in [-0.39, 0.29) is 0 Å². The first-order valence-corrected chi connectivity index (χ1v) is 10.8. The quantitative estimate of drug-likeness (QED) is 0.623. The molecule has 0 amide bonds. The second-order valence-electron chi connectivity index (χ2n) is 6.98. The Kier molecular flexibility index (Phi) is 4.82. The Morgan fingerprint density at radius 2 is 1.82 bits per heavy atom. The second-order valence-corrected chi connectivity index (χ2v) is 8.36. The lowest BCUT2D eigenvalue weighted by Crippen LogP contribution is -2.15. The van der Waals surface area contributed by atoms with Crippen LogP contribution < -0.4 is 4.74 Å². The standard InChI is InChI=1S/C21H19ClN4OS/c22-17-8-5-15(6-9-17)19-13-28-21-24-23-20(26(21)25-19)12-27-18-10-7-14-3-1-2-4-16(14)11-18/h5-11H,1-4,12-13H2. The largest absolute Gasteiger partial charge is 0.486 e. The summed E-state index contributed by atoms with van der Waals surface area (Å²) in [5.41, 5.74) is 4.89. The molecule has 7 heteroatoms. The summed E-state index contributed by atoms with van der Waals surface area (Å²) in [6.45, 7) is 0.337. The minimum Gasteiger partial charge on any atom is -0.486 e. The number of thioether (sulfide) groups is 1. The molecule has 1 aliphatic heterocycles. The fourth-order valence-corrected chi connectivity index (χ4v) is 4.57. The van der Waals surface area contributed by atoms with Crippen molar-refractivity contribution < 1.29 is 4.74 Å². The highest BCUT2D eigenvalue weighted by Crippen LogP contribution is 2.27. The summed E-state index contributed by atoms with van der Waals surface area (Å²) in [5.74, 6) is 2.33. The van der Waals surface area contributed by atoms with Crippen LogP contribution in [-0.4, -0.2) is 26.3 Å². The molecule has 2 aromatic carbocycles. The van der Waals surface area contributed by atoms with Crippen molar-refractivity contribution in [2.45, 2.75) is 37.4 Å². The Labute approximate surface area is 172 Å². The van der Waals surface area contributed by atoms with Gasteiger partial charge in [-0.1, -0.05) is 41.6 Å².